The minimum Gasteiger partial charge on any atom is -0.499 e. The van der Waals surface area contributed by atoms with Gasteiger partial charge in [-0.25, -0.2) is 0 Å². The summed E-state index contributed by atoms with van der Waals surface area (Å²) < 4.78 is 2.51. The second-order valence-corrected chi connectivity index (χ2v) is 9.60. The van der Waals surface area contributed by atoms with E-state index in [1.807, 2.05) is 6.92 Å². The van der Waals surface area contributed by atoms with Crippen molar-refractivity contribution in [3.05, 3.63) is 11.8 Å². The van der Waals surface area contributed by atoms with Gasteiger partial charge in [0.15, 0.2) is 7.59 Å². The Labute approximate surface area is 165 Å². The van der Waals surface area contributed by atoms with Crippen molar-refractivity contribution >= 4 is 81.4 Å². The van der Waals surface area contributed by atoms with Gasteiger partial charge in [-0.2, -0.15) is 0 Å². The zero-order chi connectivity index (χ0) is 18.3. The smallest absolute Gasteiger partial charge is 0.257 e. The third-order valence-corrected chi connectivity index (χ3v) is 4.05. The highest BCUT2D eigenvalue weighted by Crippen LogP contribution is 2.32. The van der Waals surface area contributed by atoms with Gasteiger partial charge in [0.25, 0.3) is 5.91 Å². The highest BCUT2D eigenvalue weighted by Gasteiger charge is 2.28. The van der Waals surface area contributed by atoms with Crippen LogP contribution in [-0.4, -0.2) is 38.0 Å². The summed E-state index contributed by atoms with van der Waals surface area (Å²) in [6.45, 7) is 1.99. The van der Waals surface area contributed by atoms with Gasteiger partial charge in [-0.3, -0.25) is 14.5 Å². The van der Waals surface area contributed by atoms with Crippen LogP contribution >= 0.6 is 69.6 Å². The molecule has 0 spiro atoms. The molecule has 0 aromatic heterocycles. The number of amides is 2. The van der Waals surface area contributed by atoms with Gasteiger partial charge < -0.3 is 4.74 Å². The van der Waals surface area contributed by atoms with Gasteiger partial charge in [-0.15, -0.1) is 0 Å². The summed E-state index contributed by atoms with van der Waals surface area (Å²) in [6, 6.07) is 0. The molecule has 10 heteroatoms. The topological polar surface area (TPSA) is 46.6 Å². The Morgan fingerprint density at radius 3 is 2.09 bits per heavy atom. The molecule has 23 heavy (non-hydrogen) atoms. The molecule has 0 unspecified atom stereocenters. The van der Waals surface area contributed by atoms with Crippen LogP contribution in [0, 0.1) is 0 Å². The van der Waals surface area contributed by atoms with Gasteiger partial charge in [0.05, 0.1) is 13.7 Å². The zero-order valence-electron chi connectivity index (χ0n) is 12.6. The summed E-state index contributed by atoms with van der Waals surface area (Å²) in [5.74, 6) is -0.169. The lowest BCUT2D eigenvalue weighted by Gasteiger charge is -2.15. The highest BCUT2D eigenvalue weighted by atomic mass is 35.6. The van der Waals surface area contributed by atoms with Crippen molar-refractivity contribution in [1.82, 2.24) is 4.90 Å². The Bertz CT molecular complexity index is 442. The van der Waals surface area contributed by atoms with Crippen molar-refractivity contribution in [2.75, 3.05) is 13.7 Å². The van der Waals surface area contributed by atoms with E-state index in [1.54, 1.807) is 0 Å². The summed E-state index contributed by atoms with van der Waals surface area (Å²) in [5.41, 5.74) is 0. The molecule has 134 valence electrons. The SMILES string of the molecule is CCC(Cl)(Cl)Cl.COC1=CC(=O)N(C(=O)CCCC(Cl)(Cl)Cl)C1. The van der Waals surface area contributed by atoms with Gasteiger partial charge in [-0.05, 0) is 19.3 Å². The lowest BCUT2D eigenvalue weighted by Crippen LogP contribution is -2.33. The third-order valence-electron chi connectivity index (χ3n) is 2.68. The van der Waals surface area contributed by atoms with E-state index in [4.69, 9.17) is 74.3 Å². The number of ether oxygens (including phenoxy) is 1. The molecule has 1 aliphatic heterocycles. The van der Waals surface area contributed by atoms with Crippen LogP contribution in [0.1, 0.15) is 32.6 Å². The van der Waals surface area contributed by atoms with Gasteiger partial charge in [0, 0.05) is 12.5 Å². The molecule has 0 fully saturated rings. The number of hydrogen-bond acceptors (Lipinski definition) is 3. The Hall–Kier alpha value is 0.420. The minimum absolute atomic E-state index is 0.171. The Balaban J connectivity index is 0.000000688. The van der Waals surface area contributed by atoms with E-state index in [0.717, 1.165) is 4.90 Å². The van der Waals surface area contributed by atoms with Crippen LogP contribution in [0.25, 0.3) is 0 Å². The first-order valence-corrected chi connectivity index (χ1v) is 8.88. The van der Waals surface area contributed by atoms with Crippen molar-refractivity contribution in [1.29, 1.82) is 0 Å². The average molecular weight is 448 g/mol. The maximum absolute atomic E-state index is 11.7. The molecule has 0 N–H and O–H groups in total. The summed E-state index contributed by atoms with van der Waals surface area (Å²) >= 11 is 32.4. The largest absolute Gasteiger partial charge is 0.499 e. The van der Waals surface area contributed by atoms with Crippen LogP contribution in [0.5, 0.6) is 0 Å². The fourth-order valence-corrected chi connectivity index (χ4v) is 1.81. The number of carbonyl (C=O) groups excluding carboxylic acids is 2. The monoisotopic (exact) mass is 445 g/mol. The number of alkyl halides is 6. The summed E-state index contributed by atoms with van der Waals surface area (Å²) in [4.78, 5) is 24.2. The van der Waals surface area contributed by atoms with Crippen LogP contribution in [0.4, 0.5) is 0 Å². The summed E-state index contributed by atoms with van der Waals surface area (Å²) in [5, 5.41) is 0. The number of carbonyl (C=O) groups is 2. The molecule has 0 aromatic rings. The lowest BCUT2D eigenvalue weighted by molar-refractivity contribution is -0.140. The first kappa shape index (κ1) is 23.4. The number of methoxy groups -OCH3 is 1. The molecule has 4 nitrogen and oxygen atoms in total. The minimum atomic E-state index is -1.36. The Kier molecular flexibility index (Phi) is 10.6. The molecular formula is C13H17Cl6NO3. The molecule has 1 heterocycles. The quantitative estimate of drug-likeness (QED) is 0.557. The zero-order valence-corrected chi connectivity index (χ0v) is 17.1. The normalized spacial score (nSPS) is 15.0. The van der Waals surface area contributed by atoms with E-state index in [1.165, 1.54) is 13.2 Å². The van der Waals surface area contributed by atoms with Crippen molar-refractivity contribution in [3.63, 3.8) is 0 Å². The maximum atomic E-state index is 11.7. The fourth-order valence-electron chi connectivity index (χ4n) is 1.40. The Morgan fingerprint density at radius 1 is 1.22 bits per heavy atom. The summed E-state index contributed by atoms with van der Waals surface area (Å²) in [7, 11) is 1.45. The van der Waals surface area contributed by atoms with Crippen molar-refractivity contribution in [3.8, 4) is 0 Å². The third kappa shape index (κ3) is 11.6. The van der Waals surface area contributed by atoms with Crippen LogP contribution in [0.15, 0.2) is 11.8 Å². The molecule has 1 aliphatic rings. The Morgan fingerprint density at radius 2 is 1.74 bits per heavy atom. The number of halogens is 6. The van der Waals surface area contributed by atoms with Gasteiger partial charge in [0.2, 0.25) is 5.91 Å². The number of nitrogens with zero attached hydrogens (tertiary/aromatic N) is 1. The molecule has 0 bridgehead atoms. The second-order valence-electron chi connectivity index (χ2n) is 4.57. The van der Waals surface area contributed by atoms with E-state index < -0.39 is 7.59 Å². The fraction of sp³-hybridized carbons (Fsp3) is 0.692. The molecule has 0 radical (unpaired) electrons. The highest BCUT2D eigenvalue weighted by molar-refractivity contribution is 6.67. The molecule has 0 atom stereocenters. The number of imide groups is 1. The van der Waals surface area contributed by atoms with Crippen LogP contribution in [0.3, 0.4) is 0 Å². The molecule has 0 aromatic carbocycles. The predicted molar refractivity (Wildman–Crippen MR) is 96.5 cm³/mol. The second kappa shape index (κ2) is 10.4. The van der Waals surface area contributed by atoms with E-state index in [0.29, 0.717) is 18.6 Å². The molecular weight excluding hydrogens is 431 g/mol. The molecule has 0 aliphatic carbocycles. The number of rotatable bonds is 4. The first-order chi connectivity index (χ1) is 10.4. The maximum Gasteiger partial charge on any atom is 0.257 e. The predicted octanol–water partition coefficient (Wildman–Crippen LogP) is 5.19. The van der Waals surface area contributed by atoms with Crippen molar-refractivity contribution < 1.29 is 14.3 Å². The number of hydrogen-bond donors (Lipinski definition) is 0. The van der Waals surface area contributed by atoms with E-state index in [9.17, 15) is 9.59 Å². The van der Waals surface area contributed by atoms with Crippen molar-refractivity contribution in [2.24, 2.45) is 0 Å². The van der Waals surface area contributed by atoms with Gasteiger partial charge in [0.1, 0.15) is 5.76 Å². The van der Waals surface area contributed by atoms with Crippen molar-refractivity contribution in [2.45, 2.75) is 40.2 Å². The van der Waals surface area contributed by atoms with E-state index in [-0.39, 0.29) is 31.2 Å². The van der Waals surface area contributed by atoms with Crippen LogP contribution < -0.4 is 0 Å². The summed E-state index contributed by atoms with van der Waals surface area (Å²) in [6.07, 6.45) is 2.73. The van der Waals surface area contributed by atoms with Crippen LogP contribution in [-0.2, 0) is 14.3 Å². The van der Waals surface area contributed by atoms with Gasteiger partial charge in [-0.1, -0.05) is 76.5 Å². The van der Waals surface area contributed by atoms with E-state index in [2.05, 4.69) is 0 Å². The first-order valence-electron chi connectivity index (χ1n) is 6.62. The molecule has 0 saturated carbocycles. The lowest BCUT2D eigenvalue weighted by atomic mass is 10.2. The molecule has 2 amide bonds. The average Bonchev–Trinajstić information content (AvgIpc) is 2.78. The van der Waals surface area contributed by atoms with E-state index >= 15 is 0 Å². The molecule has 0 saturated heterocycles. The molecule has 1 rings (SSSR count). The van der Waals surface area contributed by atoms with Gasteiger partial charge >= 0.3 is 0 Å². The standard InChI is InChI=1S/C10H12Cl3NO3.C3H5Cl3/c1-17-7-5-9(16)14(6-7)8(15)3-2-4-10(11,12)13;1-2-3(4,5)6/h5H,2-4,6H2,1H3;2H2,1H3. The van der Waals surface area contributed by atoms with Crippen LogP contribution in [0.2, 0.25) is 0 Å².